The number of hydrogen-bond acceptors (Lipinski definition) is 4. The molecule has 0 saturated heterocycles. The quantitative estimate of drug-likeness (QED) is 0.585. The number of amides is 2. The minimum Gasteiger partial charge on any atom is -0.497 e. The number of imide groups is 1. The molecule has 6 heteroatoms. The largest absolute Gasteiger partial charge is 0.497 e. The van der Waals surface area contributed by atoms with Gasteiger partial charge in [-0.15, -0.1) is 0 Å². The monoisotopic (exact) mass is 416 g/mol. The molecular formula is C25H21FN2O3. The zero-order valence-corrected chi connectivity index (χ0v) is 17.0. The van der Waals surface area contributed by atoms with Crippen LogP contribution in [0.1, 0.15) is 11.1 Å². The molecule has 0 atom stereocenters. The van der Waals surface area contributed by atoms with E-state index >= 15 is 0 Å². The maximum Gasteiger partial charge on any atom is 0.278 e. The van der Waals surface area contributed by atoms with Crippen LogP contribution in [0.3, 0.4) is 0 Å². The van der Waals surface area contributed by atoms with E-state index < -0.39 is 5.91 Å². The number of rotatable bonds is 7. The van der Waals surface area contributed by atoms with Crippen LogP contribution in [0.25, 0.3) is 5.57 Å². The SMILES string of the molecule is COc1cccc(NC2=C(c3ccccc3)C(=O)N(CCc3ccc(F)cc3)C2=O)c1. The van der Waals surface area contributed by atoms with Crippen LogP contribution in [-0.4, -0.2) is 30.4 Å². The van der Waals surface area contributed by atoms with Crippen molar-refractivity contribution in [1.82, 2.24) is 4.90 Å². The van der Waals surface area contributed by atoms with Gasteiger partial charge in [0.25, 0.3) is 11.8 Å². The van der Waals surface area contributed by atoms with E-state index in [4.69, 9.17) is 4.74 Å². The first-order valence-corrected chi connectivity index (χ1v) is 9.88. The first-order chi connectivity index (χ1) is 15.1. The number of carbonyl (C=O) groups excluding carboxylic acids is 2. The summed E-state index contributed by atoms with van der Waals surface area (Å²) in [6.45, 7) is 0.197. The molecule has 0 radical (unpaired) electrons. The second-order valence-corrected chi connectivity index (χ2v) is 7.11. The molecule has 3 aromatic carbocycles. The molecule has 1 N–H and O–H groups in total. The molecule has 3 aromatic rings. The number of methoxy groups -OCH3 is 1. The molecule has 5 nitrogen and oxygen atoms in total. The van der Waals surface area contributed by atoms with Crippen molar-refractivity contribution < 1.29 is 18.7 Å². The van der Waals surface area contributed by atoms with Crippen molar-refractivity contribution in [2.45, 2.75) is 6.42 Å². The van der Waals surface area contributed by atoms with Crippen molar-refractivity contribution in [3.63, 3.8) is 0 Å². The molecule has 1 heterocycles. The summed E-state index contributed by atoms with van der Waals surface area (Å²) in [5.41, 5.74) is 2.70. The molecule has 0 unspecified atom stereocenters. The fraction of sp³-hybridized carbons (Fsp3) is 0.120. The molecule has 4 rings (SSSR count). The summed E-state index contributed by atoms with van der Waals surface area (Å²) in [5, 5.41) is 3.12. The van der Waals surface area contributed by atoms with Gasteiger partial charge in [0, 0.05) is 18.3 Å². The lowest BCUT2D eigenvalue weighted by molar-refractivity contribution is -0.136. The number of ether oxygens (including phenoxy) is 1. The van der Waals surface area contributed by atoms with E-state index in [1.807, 2.05) is 18.2 Å². The number of carbonyl (C=O) groups is 2. The maximum atomic E-state index is 13.2. The average molecular weight is 416 g/mol. The summed E-state index contributed by atoms with van der Waals surface area (Å²) in [6.07, 6.45) is 0.437. The molecule has 31 heavy (non-hydrogen) atoms. The minimum absolute atomic E-state index is 0.197. The maximum absolute atomic E-state index is 13.2. The number of hydrogen-bond donors (Lipinski definition) is 1. The van der Waals surface area contributed by atoms with Gasteiger partial charge in [-0.3, -0.25) is 14.5 Å². The number of halogens is 1. The Labute approximate surface area is 179 Å². The predicted octanol–water partition coefficient (Wildman–Crippen LogP) is 4.27. The van der Waals surface area contributed by atoms with Crippen LogP contribution in [0.15, 0.2) is 84.6 Å². The second kappa shape index (κ2) is 8.83. The van der Waals surface area contributed by atoms with E-state index in [2.05, 4.69) is 5.32 Å². The van der Waals surface area contributed by atoms with Gasteiger partial charge < -0.3 is 10.1 Å². The van der Waals surface area contributed by atoms with Crippen LogP contribution in [0.5, 0.6) is 5.75 Å². The molecule has 0 bridgehead atoms. The van der Waals surface area contributed by atoms with E-state index in [1.54, 1.807) is 55.6 Å². The van der Waals surface area contributed by atoms with Crippen LogP contribution >= 0.6 is 0 Å². The predicted molar refractivity (Wildman–Crippen MR) is 117 cm³/mol. The number of anilines is 1. The standard InChI is InChI=1S/C25H21FN2O3/c1-31-21-9-5-8-20(16-21)27-23-22(18-6-3-2-4-7-18)24(29)28(25(23)30)15-14-17-10-12-19(26)13-11-17/h2-13,16,27H,14-15H2,1H3. The first kappa shape index (κ1) is 20.3. The Morgan fingerprint density at radius 1 is 0.903 bits per heavy atom. The lowest BCUT2D eigenvalue weighted by Gasteiger charge is -2.15. The molecule has 156 valence electrons. The van der Waals surface area contributed by atoms with Crippen LogP contribution in [0.2, 0.25) is 0 Å². The third kappa shape index (κ3) is 4.33. The van der Waals surface area contributed by atoms with Gasteiger partial charge >= 0.3 is 0 Å². The molecule has 0 fully saturated rings. The lowest BCUT2D eigenvalue weighted by Crippen LogP contribution is -2.34. The molecule has 1 aliphatic heterocycles. The van der Waals surface area contributed by atoms with Crippen LogP contribution in [0.4, 0.5) is 10.1 Å². The summed E-state index contributed by atoms with van der Waals surface area (Å²) in [5.74, 6) is -0.441. The highest BCUT2D eigenvalue weighted by molar-refractivity contribution is 6.36. The fourth-order valence-electron chi connectivity index (χ4n) is 3.50. The van der Waals surface area contributed by atoms with Crippen molar-refractivity contribution >= 4 is 23.1 Å². The Morgan fingerprint density at radius 3 is 2.35 bits per heavy atom. The molecule has 0 aliphatic carbocycles. The summed E-state index contributed by atoms with van der Waals surface area (Å²) in [7, 11) is 1.56. The highest BCUT2D eigenvalue weighted by atomic mass is 19.1. The van der Waals surface area contributed by atoms with Gasteiger partial charge in [0.05, 0.1) is 12.7 Å². The van der Waals surface area contributed by atoms with Crippen LogP contribution in [-0.2, 0) is 16.0 Å². The van der Waals surface area contributed by atoms with E-state index in [9.17, 15) is 14.0 Å². The topological polar surface area (TPSA) is 58.6 Å². The molecule has 1 aliphatic rings. The summed E-state index contributed by atoms with van der Waals surface area (Å²) < 4.78 is 18.4. The van der Waals surface area contributed by atoms with Crippen molar-refractivity contribution in [1.29, 1.82) is 0 Å². The minimum atomic E-state index is -0.395. The molecule has 0 spiro atoms. The summed E-state index contributed by atoms with van der Waals surface area (Å²) >= 11 is 0. The third-order valence-corrected chi connectivity index (χ3v) is 5.11. The lowest BCUT2D eigenvalue weighted by atomic mass is 10.0. The Morgan fingerprint density at radius 2 is 1.65 bits per heavy atom. The first-order valence-electron chi connectivity index (χ1n) is 9.88. The van der Waals surface area contributed by atoms with Crippen molar-refractivity contribution in [2.75, 3.05) is 19.0 Å². The summed E-state index contributed by atoms with van der Waals surface area (Å²) in [4.78, 5) is 27.7. The smallest absolute Gasteiger partial charge is 0.278 e. The van der Waals surface area contributed by atoms with E-state index in [-0.39, 0.29) is 24.0 Å². The highest BCUT2D eigenvalue weighted by Crippen LogP contribution is 2.31. The third-order valence-electron chi connectivity index (χ3n) is 5.11. The van der Waals surface area contributed by atoms with Crippen molar-refractivity contribution in [3.05, 3.63) is 102 Å². The average Bonchev–Trinajstić information content (AvgIpc) is 3.03. The van der Waals surface area contributed by atoms with Gasteiger partial charge in [0.2, 0.25) is 0 Å². The van der Waals surface area contributed by atoms with E-state index in [0.717, 1.165) is 5.56 Å². The fourth-order valence-corrected chi connectivity index (χ4v) is 3.50. The van der Waals surface area contributed by atoms with Gasteiger partial charge in [-0.1, -0.05) is 48.5 Å². The van der Waals surface area contributed by atoms with Gasteiger partial charge in [-0.2, -0.15) is 0 Å². The Kier molecular flexibility index (Phi) is 5.80. The highest BCUT2D eigenvalue weighted by Gasteiger charge is 2.38. The van der Waals surface area contributed by atoms with Crippen molar-refractivity contribution in [3.8, 4) is 5.75 Å². The Bertz CT molecular complexity index is 1140. The van der Waals surface area contributed by atoms with Gasteiger partial charge in [0.15, 0.2) is 0 Å². The molecular weight excluding hydrogens is 395 g/mol. The number of nitrogens with one attached hydrogen (secondary N) is 1. The van der Waals surface area contributed by atoms with E-state index in [0.29, 0.717) is 29.0 Å². The summed E-state index contributed by atoms with van der Waals surface area (Å²) in [6, 6.07) is 22.3. The van der Waals surface area contributed by atoms with E-state index in [1.165, 1.54) is 17.0 Å². The second-order valence-electron chi connectivity index (χ2n) is 7.11. The van der Waals surface area contributed by atoms with Crippen LogP contribution in [0, 0.1) is 5.82 Å². The Balaban J connectivity index is 1.64. The van der Waals surface area contributed by atoms with Gasteiger partial charge in [-0.25, -0.2) is 4.39 Å². The zero-order chi connectivity index (χ0) is 21.8. The number of nitrogens with zero attached hydrogens (tertiary/aromatic N) is 1. The van der Waals surface area contributed by atoms with Gasteiger partial charge in [0.1, 0.15) is 17.3 Å². The molecule has 0 saturated carbocycles. The number of benzene rings is 3. The van der Waals surface area contributed by atoms with Crippen LogP contribution < -0.4 is 10.1 Å². The molecule has 0 aromatic heterocycles. The van der Waals surface area contributed by atoms with Gasteiger partial charge in [-0.05, 0) is 41.8 Å². The zero-order valence-electron chi connectivity index (χ0n) is 17.0. The Hall–Kier alpha value is -3.93. The van der Waals surface area contributed by atoms with Crippen molar-refractivity contribution in [2.24, 2.45) is 0 Å². The molecule has 2 amide bonds. The normalized spacial score (nSPS) is 13.7.